The van der Waals surface area contributed by atoms with E-state index in [2.05, 4.69) is 0 Å². The third kappa shape index (κ3) is 1.55. The Labute approximate surface area is 80.8 Å². The lowest BCUT2D eigenvalue weighted by Gasteiger charge is -2.22. The molecule has 1 aliphatic heterocycles. The summed E-state index contributed by atoms with van der Waals surface area (Å²) in [6.07, 6.45) is 0. The molecule has 0 saturated carbocycles. The number of carbonyl (C=O) groups is 1. The second-order valence-corrected chi connectivity index (χ2v) is 3.00. The SMILES string of the molecule is O=C1N(CO)C(CO)C(CO)N1CO. The van der Waals surface area contributed by atoms with Crippen LogP contribution in [0.4, 0.5) is 4.79 Å². The average Bonchev–Trinajstić information content (AvgIpc) is 2.48. The van der Waals surface area contributed by atoms with E-state index in [1.165, 1.54) is 0 Å². The lowest BCUT2D eigenvalue weighted by Crippen LogP contribution is -2.42. The van der Waals surface area contributed by atoms with Gasteiger partial charge in [0.25, 0.3) is 0 Å². The van der Waals surface area contributed by atoms with Crippen molar-refractivity contribution in [3.05, 3.63) is 0 Å². The van der Waals surface area contributed by atoms with E-state index in [0.29, 0.717) is 0 Å². The van der Waals surface area contributed by atoms with Crippen LogP contribution in [-0.4, -0.2) is 75.0 Å². The largest absolute Gasteiger partial charge is 0.394 e. The predicted octanol–water partition coefficient (Wildman–Crippen LogP) is -2.65. The number of nitrogens with zero attached hydrogens (tertiary/aromatic N) is 2. The molecule has 0 spiro atoms. The number of aliphatic hydroxyl groups excluding tert-OH is 4. The van der Waals surface area contributed by atoms with Gasteiger partial charge in [-0.2, -0.15) is 0 Å². The fourth-order valence-corrected chi connectivity index (χ4v) is 1.64. The van der Waals surface area contributed by atoms with Crippen LogP contribution in [0.3, 0.4) is 0 Å². The highest BCUT2D eigenvalue weighted by atomic mass is 16.3. The molecule has 7 heteroatoms. The highest BCUT2D eigenvalue weighted by Crippen LogP contribution is 2.21. The molecular weight excluding hydrogens is 192 g/mol. The maximum atomic E-state index is 11.4. The van der Waals surface area contributed by atoms with Crippen LogP contribution in [0.25, 0.3) is 0 Å². The van der Waals surface area contributed by atoms with Crippen molar-refractivity contribution in [2.24, 2.45) is 0 Å². The molecular formula is C7H14N2O5. The molecule has 14 heavy (non-hydrogen) atoms. The first-order valence-corrected chi connectivity index (χ1v) is 4.21. The van der Waals surface area contributed by atoms with Crippen molar-refractivity contribution in [3.8, 4) is 0 Å². The zero-order chi connectivity index (χ0) is 10.7. The van der Waals surface area contributed by atoms with E-state index in [4.69, 9.17) is 20.4 Å². The molecule has 1 rings (SSSR count). The maximum absolute atomic E-state index is 11.4. The van der Waals surface area contributed by atoms with E-state index >= 15 is 0 Å². The van der Waals surface area contributed by atoms with Gasteiger partial charge >= 0.3 is 6.03 Å². The van der Waals surface area contributed by atoms with Gasteiger partial charge in [0.1, 0.15) is 13.5 Å². The fourth-order valence-electron chi connectivity index (χ4n) is 1.64. The molecule has 0 aromatic heterocycles. The molecule has 0 bridgehead atoms. The van der Waals surface area contributed by atoms with Crippen molar-refractivity contribution in [1.82, 2.24) is 9.80 Å². The second-order valence-electron chi connectivity index (χ2n) is 3.00. The van der Waals surface area contributed by atoms with Gasteiger partial charge < -0.3 is 20.4 Å². The summed E-state index contributed by atoms with van der Waals surface area (Å²) in [5.41, 5.74) is 0. The molecule has 0 aromatic rings. The van der Waals surface area contributed by atoms with Gasteiger partial charge in [0, 0.05) is 0 Å². The summed E-state index contributed by atoms with van der Waals surface area (Å²) in [5, 5.41) is 35.7. The van der Waals surface area contributed by atoms with Crippen molar-refractivity contribution in [3.63, 3.8) is 0 Å². The maximum Gasteiger partial charge on any atom is 0.324 e. The zero-order valence-corrected chi connectivity index (χ0v) is 7.57. The number of urea groups is 1. The minimum absolute atomic E-state index is 0.367. The Morgan fingerprint density at radius 1 is 0.929 bits per heavy atom. The molecule has 4 N–H and O–H groups in total. The highest BCUT2D eigenvalue weighted by Gasteiger charge is 2.44. The lowest BCUT2D eigenvalue weighted by molar-refractivity contribution is 0.0612. The topological polar surface area (TPSA) is 104 Å². The minimum Gasteiger partial charge on any atom is -0.394 e. The molecule has 0 aromatic carbocycles. The third-order valence-corrected chi connectivity index (χ3v) is 2.42. The van der Waals surface area contributed by atoms with E-state index in [-0.39, 0.29) is 13.2 Å². The van der Waals surface area contributed by atoms with E-state index in [1.54, 1.807) is 0 Å². The van der Waals surface area contributed by atoms with Crippen molar-refractivity contribution < 1.29 is 25.2 Å². The standard InChI is InChI=1S/C7H14N2O5/c10-1-5-6(2-11)9(4-13)7(14)8(5)3-12/h5-6,10-13H,1-4H2. The van der Waals surface area contributed by atoms with Crippen molar-refractivity contribution in [2.45, 2.75) is 12.1 Å². The van der Waals surface area contributed by atoms with Gasteiger partial charge in [0.2, 0.25) is 0 Å². The Kier molecular flexibility index (Phi) is 3.64. The van der Waals surface area contributed by atoms with Crippen molar-refractivity contribution >= 4 is 6.03 Å². The lowest BCUT2D eigenvalue weighted by atomic mass is 10.1. The smallest absolute Gasteiger partial charge is 0.324 e. The van der Waals surface area contributed by atoms with Gasteiger partial charge in [-0.3, -0.25) is 9.80 Å². The number of aliphatic hydroxyl groups is 4. The monoisotopic (exact) mass is 206 g/mol. The van der Waals surface area contributed by atoms with Crippen LogP contribution < -0.4 is 0 Å². The summed E-state index contributed by atoms with van der Waals surface area (Å²) in [4.78, 5) is 13.4. The number of hydrogen-bond donors (Lipinski definition) is 4. The quantitative estimate of drug-likeness (QED) is 0.402. The van der Waals surface area contributed by atoms with Crippen LogP contribution in [0, 0.1) is 0 Å². The van der Waals surface area contributed by atoms with Crippen LogP contribution in [0.1, 0.15) is 0 Å². The van der Waals surface area contributed by atoms with Crippen molar-refractivity contribution in [2.75, 3.05) is 26.7 Å². The van der Waals surface area contributed by atoms with Crippen LogP contribution >= 0.6 is 0 Å². The summed E-state index contributed by atoms with van der Waals surface area (Å²) in [7, 11) is 0. The molecule has 2 atom stereocenters. The van der Waals surface area contributed by atoms with Gasteiger partial charge in [-0.15, -0.1) is 0 Å². The van der Waals surface area contributed by atoms with Gasteiger partial charge in [-0.1, -0.05) is 0 Å². The molecule has 1 saturated heterocycles. The Morgan fingerprint density at radius 2 is 1.29 bits per heavy atom. The van der Waals surface area contributed by atoms with Crippen LogP contribution in [0.5, 0.6) is 0 Å². The summed E-state index contributed by atoms with van der Waals surface area (Å²) in [5.74, 6) is 0. The van der Waals surface area contributed by atoms with E-state index < -0.39 is 31.6 Å². The number of carbonyl (C=O) groups excluding carboxylic acids is 1. The van der Waals surface area contributed by atoms with Gasteiger partial charge in [-0.25, -0.2) is 4.79 Å². The molecule has 7 nitrogen and oxygen atoms in total. The van der Waals surface area contributed by atoms with Gasteiger partial charge in [0.05, 0.1) is 25.3 Å². The minimum atomic E-state index is -0.676. The van der Waals surface area contributed by atoms with Crippen LogP contribution in [0.15, 0.2) is 0 Å². The summed E-state index contributed by atoms with van der Waals surface area (Å²) < 4.78 is 0. The summed E-state index contributed by atoms with van der Waals surface area (Å²) in [6.45, 7) is -1.82. The van der Waals surface area contributed by atoms with Gasteiger partial charge in [0.15, 0.2) is 0 Å². The first kappa shape index (κ1) is 11.2. The Hall–Kier alpha value is -0.890. The molecule has 2 amide bonds. The number of rotatable bonds is 4. The number of hydrogen-bond acceptors (Lipinski definition) is 5. The molecule has 1 heterocycles. The molecule has 1 fully saturated rings. The predicted molar refractivity (Wildman–Crippen MR) is 45.0 cm³/mol. The Morgan fingerprint density at radius 3 is 1.50 bits per heavy atom. The third-order valence-electron chi connectivity index (χ3n) is 2.42. The van der Waals surface area contributed by atoms with Crippen molar-refractivity contribution in [1.29, 1.82) is 0 Å². The summed E-state index contributed by atoms with van der Waals surface area (Å²) in [6, 6.07) is -1.94. The molecule has 0 radical (unpaired) electrons. The Balaban J connectivity index is 2.87. The van der Waals surface area contributed by atoms with Gasteiger partial charge in [-0.05, 0) is 0 Å². The second kappa shape index (κ2) is 4.56. The first-order chi connectivity index (χ1) is 6.71. The molecule has 0 aliphatic carbocycles. The Bertz CT molecular complexity index is 192. The molecule has 2 unspecified atom stereocenters. The average molecular weight is 206 g/mol. The first-order valence-electron chi connectivity index (χ1n) is 4.21. The fraction of sp³-hybridized carbons (Fsp3) is 0.857. The highest BCUT2D eigenvalue weighted by molar-refractivity contribution is 5.77. The number of amides is 2. The van der Waals surface area contributed by atoms with E-state index in [1.807, 2.05) is 0 Å². The normalized spacial score (nSPS) is 27.6. The molecule has 1 aliphatic rings. The van der Waals surface area contributed by atoms with Crippen LogP contribution in [0.2, 0.25) is 0 Å². The van der Waals surface area contributed by atoms with E-state index in [9.17, 15) is 4.79 Å². The van der Waals surface area contributed by atoms with Crippen LogP contribution in [-0.2, 0) is 0 Å². The summed E-state index contributed by atoms with van der Waals surface area (Å²) >= 11 is 0. The molecule has 82 valence electrons. The van der Waals surface area contributed by atoms with E-state index in [0.717, 1.165) is 9.80 Å². The zero-order valence-electron chi connectivity index (χ0n) is 7.57.